The average molecular weight is 350 g/mol. The second-order valence-corrected chi connectivity index (χ2v) is 6.92. The molecule has 1 N–H and O–H groups in total. The zero-order valence-corrected chi connectivity index (χ0v) is 14.1. The highest BCUT2D eigenvalue weighted by atomic mass is 79.9. The Balaban J connectivity index is 1.88. The summed E-state index contributed by atoms with van der Waals surface area (Å²) in [5.74, 6) is -0.205. The van der Waals surface area contributed by atoms with Crippen LogP contribution in [-0.4, -0.2) is 5.54 Å². The van der Waals surface area contributed by atoms with Gasteiger partial charge in [0.15, 0.2) is 0 Å². The van der Waals surface area contributed by atoms with Gasteiger partial charge in [0, 0.05) is 16.6 Å². The summed E-state index contributed by atoms with van der Waals surface area (Å²) in [5.41, 5.74) is 2.31. The number of hydrogen-bond acceptors (Lipinski definition) is 1. The predicted molar refractivity (Wildman–Crippen MR) is 89.8 cm³/mol. The quantitative estimate of drug-likeness (QED) is 0.765. The van der Waals surface area contributed by atoms with Gasteiger partial charge in [0.05, 0.1) is 0 Å². The van der Waals surface area contributed by atoms with Crippen LogP contribution in [0.2, 0.25) is 0 Å². The van der Waals surface area contributed by atoms with Gasteiger partial charge in [0.2, 0.25) is 0 Å². The number of hydrogen-bond donors (Lipinski definition) is 1. The third-order valence-electron chi connectivity index (χ3n) is 3.57. The Kier molecular flexibility index (Phi) is 5.54. The standard InChI is InChI=1S/C18H21BrFN/c1-18(2,9-8-14-6-4-3-5-7-14)21-13-15-10-16(19)12-17(20)11-15/h3-7,10-12,21H,8-9,13H2,1-2H3. The van der Waals surface area contributed by atoms with Crippen molar-refractivity contribution in [3.63, 3.8) is 0 Å². The van der Waals surface area contributed by atoms with Crippen LogP contribution in [0.1, 0.15) is 31.4 Å². The maximum atomic E-state index is 13.4. The van der Waals surface area contributed by atoms with E-state index >= 15 is 0 Å². The van der Waals surface area contributed by atoms with Gasteiger partial charge in [-0.05, 0) is 56.0 Å². The van der Waals surface area contributed by atoms with E-state index in [2.05, 4.69) is 59.4 Å². The Bertz CT molecular complexity index is 561. The maximum absolute atomic E-state index is 13.4. The summed E-state index contributed by atoms with van der Waals surface area (Å²) >= 11 is 3.33. The second kappa shape index (κ2) is 7.19. The molecule has 2 rings (SSSR count). The predicted octanol–water partition coefficient (Wildman–Crippen LogP) is 5.09. The lowest BCUT2D eigenvalue weighted by molar-refractivity contribution is 0.360. The maximum Gasteiger partial charge on any atom is 0.124 e. The molecule has 0 bridgehead atoms. The Hall–Kier alpha value is -1.19. The molecular formula is C18H21BrFN. The first-order valence-electron chi connectivity index (χ1n) is 7.18. The lowest BCUT2D eigenvalue weighted by Crippen LogP contribution is -2.39. The summed E-state index contributed by atoms with van der Waals surface area (Å²) in [4.78, 5) is 0. The zero-order valence-electron chi connectivity index (χ0n) is 12.5. The van der Waals surface area contributed by atoms with Gasteiger partial charge in [-0.15, -0.1) is 0 Å². The van der Waals surface area contributed by atoms with E-state index in [-0.39, 0.29) is 11.4 Å². The minimum Gasteiger partial charge on any atom is -0.308 e. The van der Waals surface area contributed by atoms with Gasteiger partial charge >= 0.3 is 0 Å². The fourth-order valence-electron chi connectivity index (χ4n) is 2.24. The largest absolute Gasteiger partial charge is 0.308 e. The average Bonchev–Trinajstić information content (AvgIpc) is 2.44. The molecule has 0 radical (unpaired) electrons. The van der Waals surface area contributed by atoms with Crippen LogP contribution < -0.4 is 5.32 Å². The molecule has 2 aromatic carbocycles. The zero-order chi connectivity index (χ0) is 15.3. The highest BCUT2D eigenvalue weighted by Gasteiger charge is 2.16. The van der Waals surface area contributed by atoms with E-state index in [1.165, 1.54) is 11.6 Å². The first kappa shape index (κ1) is 16.2. The lowest BCUT2D eigenvalue weighted by atomic mass is 9.95. The normalized spacial score (nSPS) is 11.6. The molecule has 112 valence electrons. The summed E-state index contributed by atoms with van der Waals surface area (Å²) in [6.07, 6.45) is 2.07. The Labute approximate surface area is 134 Å². The Morgan fingerprint density at radius 3 is 2.43 bits per heavy atom. The first-order chi connectivity index (χ1) is 9.94. The van der Waals surface area contributed by atoms with Crippen LogP contribution in [-0.2, 0) is 13.0 Å². The molecular weight excluding hydrogens is 329 g/mol. The second-order valence-electron chi connectivity index (χ2n) is 6.00. The third-order valence-corrected chi connectivity index (χ3v) is 4.03. The molecule has 0 fully saturated rings. The van der Waals surface area contributed by atoms with Crippen LogP contribution in [0.4, 0.5) is 4.39 Å². The van der Waals surface area contributed by atoms with Crippen LogP contribution in [0, 0.1) is 5.82 Å². The van der Waals surface area contributed by atoms with E-state index in [0.717, 1.165) is 22.9 Å². The molecule has 21 heavy (non-hydrogen) atoms. The van der Waals surface area contributed by atoms with Crippen molar-refractivity contribution in [3.05, 3.63) is 69.9 Å². The molecule has 0 saturated heterocycles. The number of nitrogens with one attached hydrogen (secondary N) is 1. The minimum absolute atomic E-state index is 0.00857. The number of halogens is 2. The van der Waals surface area contributed by atoms with Crippen LogP contribution in [0.5, 0.6) is 0 Å². The van der Waals surface area contributed by atoms with Crippen molar-refractivity contribution in [2.24, 2.45) is 0 Å². The van der Waals surface area contributed by atoms with Crippen LogP contribution in [0.15, 0.2) is 53.0 Å². The van der Waals surface area contributed by atoms with Crippen molar-refractivity contribution < 1.29 is 4.39 Å². The number of benzene rings is 2. The summed E-state index contributed by atoms with van der Waals surface area (Å²) in [6.45, 7) is 5.03. The van der Waals surface area contributed by atoms with E-state index in [0.29, 0.717) is 6.54 Å². The number of rotatable bonds is 6. The fraction of sp³-hybridized carbons (Fsp3) is 0.333. The molecule has 0 heterocycles. The van der Waals surface area contributed by atoms with Crippen LogP contribution >= 0.6 is 15.9 Å². The van der Waals surface area contributed by atoms with Gasteiger partial charge < -0.3 is 5.32 Å². The van der Waals surface area contributed by atoms with Crippen molar-refractivity contribution >= 4 is 15.9 Å². The molecule has 0 aromatic heterocycles. The van der Waals surface area contributed by atoms with Crippen molar-refractivity contribution in [1.29, 1.82) is 0 Å². The topological polar surface area (TPSA) is 12.0 Å². The monoisotopic (exact) mass is 349 g/mol. The first-order valence-corrected chi connectivity index (χ1v) is 7.98. The highest BCUT2D eigenvalue weighted by molar-refractivity contribution is 9.10. The summed E-state index contributed by atoms with van der Waals surface area (Å²) < 4.78 is 14.1. The summed E-state index contributed by atoms with van der Waals surface area (Å²) in [7, 11) is 0. The summed E-state index contributed by atoms with van der Waals surface area (Å²) in [6, 6.07) is 15.5. The minimum atomic E-state index is -0.205. The molecule has 0 aliphatic rings. The van der Waals surface area contributed by atoms with Crippen molar-refractivity contribution in [1.82, 2.24) is 5.32 Å². The molecule has 0 amide bonds. The molecule has 3 heteroatoms. The molecule has 1 nitrogen and oxygen atoms in total. The van der Waals surface area contributed by atoms with Crippen LogP contribution in [0.25, 0.3) is 0 Å². The lowest BCUT2D eigenvalue weighted by Gasteiger charge is -2.26. The molecule has 0 aliphatic carbocycles. The Morgan fingerprint density at radius 1 is 1.05 bits per heavy atom. The van der Waals surface area contributed by atoms with E-state index in [9.17, 15) is 4.39 Å². The fourth-order valence-corrected chi connectivity index (χ4v) is 2.76. The SMILES string of the molecule is CC(C)(CCc1ccccc1)NCc1cc(F)cc(Br)c1. The van der Waals surface area contributed by atoms with Gasteiger partial charge in [-0.3, -0.25) is 0 Å². The van der Waals surface area contributed by atoms with Crippen molar-refractivity contribution in [2.75, 3.05) is 0 Å². The summed E-state index contributed by atoms with van der Waals surface area (Å²) in [5, 5.41) is 3.51. The van der Waals surface area contributed by atoms with Gasteiger partial charge in [-0.1, -0.05) is 46.3 Å². The molecule has 0 unspecified atom stereocenters. The highest BCUT2D eigenvalue weighted by Crippen LogP contribution is 2.17. The smallest absolute Gasteiger partial charge is 0.124 e. The van der Waals surface area contributed by atoms with E-state index < -0.39 is 0 Å². The van der Waals surface area contributed by atoms with Crippen molar-refractivity contribution in [2.45, 2.75) is 38.8 Å². The van der Waals surface area contributed by atoms with Crippen LogP contribution in [0.3, 0.4) is 0 Å². The van der Waals surface area contributed by atoms with Gasteiger partial charge in [0.1, 0.15) is 5.82 Å². The van der Waals surface area contributed by atoms with Gasteiger partial charge in [-0.25, -0.2) is 4.39 Å². The van der Waals surface area contributed by atoms with Gasteiger partial charge in [0.25, 0.3) is 0 Å². The molecule has 0 atom stereocenters. The Morgan fingerprint density at radius 2 is 1.76 bits per heavy atom. The number of aryl methyl sites for hydroxylation is 1. The third kappa shape index (κ3) is 5.60. The van der Waals surface area contributed by atoms with E-state index in [1.54, 1.807) is 6.07 Å². The van der Waals surface area contributed by atoms with E-state index in [1.807, 2.05) is 12.1 Å². The van der Waals surface area contributed by atoms with Gasteiger partial charge in [-0.2, -0.15) is 0 Å². The van der Waals surface area contributed by atoms with E-state index in [4.69, 9.17) is 0 Å². The molecule has 0 aliphatic heterocycles. The molecule has 0 spiro atoms. The molecule has 2 aromatic rings. The molecule has 0 saturated carbocycles. The van der Waals surface area contributed by atoms with Crippen molar-refractivity contribution in [3.8, 4) is 0 Å².